The summed E-state index contributed by atoms with van der Waals surface area (Å²) < 4.78 is 6.24. The van der Waals surface area contributed by atoms with Crippen LogP contribution in [-0.2, 0) is 5.41 Å². The molecule has 70 heavy (non-hydrogen) atoms. The van der Waals surface area contributed by atoms with Crippen LogP contribution in [-0.4, -0.2) is 15.0 Å². The van der Waals surface area contributed by atoms with E-state index in [0.29, 0.717) is 17.5 Å². The smallest absolute Gasteiger partial charge is 0.164 e. The summed E-state index contributed by atoms with van der Waals surface area (Å²) in [4.78, 5) is 15.8. The number of aromatic nitrogens is 3. The first-order valence-electron chi connectivity index (χ1n) is 24.5. The summed E-state index contributed by atoms with van der Waals surface area (Å²) in [6, 6.07) is 61.0. The Labute approximate surface area is 410 Å². The van der Waals surface area contributed by atoms with Gasteiger partial charge in [-0.15, -0.1) is 0 Å². The number of fused-ring (bicyclic) bond motifs is 11. The number of para-hydroxylation sites is 1. The molecular formula is C66H53N3O. The van der Waals surface area contributed by atoms with E-state index in [1.54, 1.807) is 0 Å². The standard InChI is InChI=1S/C64H47N3O.C2H6/c1-5-19-41(20-6-2)61-65-62(42-36-34-40(35-37-42)43-27-18-33-58-59(43)53-26-13-16-32-57(53)68-58)67-63(66-61)52-39-38-46(44-22-9-10-23-45(44)52)50-28-17-29-51-47(21-7-3)54(8-4)64(60(50)51)55-30-14-11-24-48(55)49-25-12-15-31-56(49)64;1-2/h5,7-39H,3,6H2,1-2,4H3;1-2H3/b19-5-,41-20+,47-21-,54-8+;. The highest BCUT2D eigenvalue weighted by Gasteiger charge is 2.54. The molecule has 2 aliphatic carbocycles. The second kappa shape index (κ2) is 18.2. The summed E-state index contributed by atoms with van der Waals surface area (Å²) in [5.41, 5.74) is 18.8. The lowest BCUT2D eigenvalue weighted by Gasteiger charge is -2.32. The summed E-state index contributed by atoms with van der Waals surface area (Å²) in [5.74, 6) is 1.88. The number of hydrogen-bond donors (Lipinski definition) is 0. The lowest BCUT2D eigenvalue weighted by atomic mass is 9.68. The third kappa shape index (κ3) is 6.77. The van der Waals surface area contributed by atoms with Crippen LogP contribution in [0.2, 0.25) is 0 Å². The molecule has 338 valence electrons. The van der Waals surface area contributed by atoms with Gasteiger partial charge in [-0.05, 0) is 116 Å². The van der Waals surface area contributed by atoms with Crippen LogP contribution in [0.5, 0.6) is 0 Å². The van der Waals surface area contributed by atoms with Crippen LogP contribution in [0.4, 0.5) is 0 Å². The molecule has 4 nitrogen and oxygen atoms in total. The van der Waals surface area contributed by atoms with E-state index in [1.165, 1.54) is 50.1 Å². The number of benzene rings is 8. The zero-order chi connectivity index (χ0) is 47.9. The monoisotopic (exact) mass is 903 g/mol. The van der Waals surface area contributed by atoms with Crippen LogP contribution in [0.3, 0.4) is 0 Å². The van der Waals surface area contributed by atoms with Gasteiger partial charge in [-0.2, -0.15) is 0 Å². The van der Waals surface area contributed by atoms with Crippen molar-refractivity contribution in [2.45, 2.75) is 46.5 Å². The fourth-order valence-electron chi connectivity index (χ4n) is 11.3. The van der Waals surface area contributed by atoms with Crippen molar-refractivity contribution in [3.05, 3.63) is 247 Å². The molecule has 0 amide bonds. The molecular weight excluding hydrogens is 851 g/mol. The van der Waals surface area contributed by atoms with Gasteiger partial charge < -0.3 is 4.42 Å². The Morgan fingerprint density at radius 2 is 1.11 bits per heavy atom. The molecule has 10 aromatic rings. The maximum atomic E-state index is 6.24. The molecule has 0 N–H and O–H groups in total. The van der Waals surface area contributed by atoms with Crippen LogP contribution in [0.25, 0.3) is 100 Å². The highest BCUT2D eigenvalue weighted by molar-refractivity contribution is 6.13. The maximum Gasteiger partial charge on any atom is 0.164 e. The first-order chi connectivity index (χ1) is 34.6. The van der Waals surface area contributed by atoms with Crippen molar-refractivity contribution in [2.75, 3.05) is 0 Å². The predicted molar refractivity (Wildman–Crippen MR) is 294 cm³/mol. The van der Waals surface area contributed by atoms with Crippen molar-refractivity contribution < 1.29 is 4.42 Å². The Morgan fingerprint density at radius 3 is 1.81 bits per heavy atom. The van der Waals surface area contributed by atoms with Gasteiger partial charge in [0.25, 0.3) is 0 Å². The molecule has 0 atom stereocenters. The molecule has 12 rings (SSSR count). The van der Waals surface area contributed by atoms with Crippen molar-refractivity contribution >= 4 is 43.9 Å². The van der Waals surface area contributed by atoms with Gasteiger partial charge in [-0.3, -0.25) is 0 Å². The highest BCUT2D eigenvalue weighted by Crippen LogP contribution is 2.65. The molecule has 2 heterocycles. The highest BCUT2D eigenvalue weighted by atomic mass is 16.3. The molecule has 0 bridgehead atoms. The average molecular weight is 904 g/mol. The molecule has 0 aliphatic heterocycles. The molecule has 0 saturated carbocycles. The third-order valence-corrected chi connectivity index (χ3v) is 13.9. The zero-order valence-electron chi connectivity index (χ0n) is 40.3. The topological polar surface area (TPSA) is 51.8 Å². The first kappa shape index (κ1) is 44.1. The van der Waals surface area contributed by atoms with E-state index in [-0.39, 0.29) is 0 Å². The Bertz CT molecular complexity index is 3780. The molecule has 0 saturated heterocycles. The lowest BCUT2D eigenvalue weighted by Crippen LogP contribution is -2.26. The minimum absolute atomic E-state index is 0.524. The van der Waals surface area contributed by atoms with Gasteiger partial charge in [-0.25, -0.2) is 15.0 Å². The molecule has 0 unspecified atom stereocenters. The fourth-order valence-corrected chi connectivity index (χ4v) is 11.3. The predicted octanol–water partition coefficient (Wildman–Crippen LogP) is 17.8. The van der Waals surface area contributed by atoms with Gasteiger partial charge in [0, 0.05) is 27.5 Å². The van der Waals surface area contributed by atoms with Crippen LogP contribution in [0, 0.1) is 0 Å². The van der Waals surface area contributed by atoms with Crippen LogP contribution in [0.15, 0.2) is 223 Å². The molecule has 0 radical (unpaired) electrons. The summed E-state index contributed by atoms with van der Waals surface area (Å²) in [6.45, 7) is 14.6. The van der Waals surface area contributed by atoms with Crippen molar-refractivity contribution in [3.63, 3.8) is 0 Å². The number of nitrogens with zero attached hydrogens (tertiary/aromatic N) is 3. The number of allylic oxidation sites excluding steroid dienone is 9. The molecule has 1 spiro atoms. The number of rotatable bonds is 8. The number of hydrogen-bond acceptors (Lipinski definition) is 4. The second-order valence-corrected chi connectivity index (χ2v) is 17.5. The second-order valence-electron chi connectivity index (χ2n) is 17.5. The first-order valence-corrected chi connectivity index (χ1v) is 24.5. The Hall–Kier alpha value is -8.47. The van der Waals surface area contributed by atoms with Crippen molar-refractivity contribution in [3.8, 4) is 56.2 Å². The van der Waals surface area contributed by atoms with Gasteiger partial charge in [0.1, 0.15) is 11.2 Å². The van der Waals surface area contributed by atoms with E-state index in [0.717, 1.165) is 72.5 Å². The van der Waals surface area contributed by atoms with Crippen molar-refractivity contribution in [1.82, 2.24) is 15.0 Å². The summed E-state index contributed by atoms with van der Waals surface area (Å²) in [6.07, 6.45) is 13.6. The normalized spacial score (nSPS) is 14.7. The Balaban J connectivity index is 0.00000263. The summed E-state index contributed by atoms with van der Waals surface area (Å²) in [5, 5.41) is 4.42. The van der Waals surface area contributed by atoms with Crippen LogP contribution < -0.4 is 0 Å². The fraction of sp³-hybridized carbons (Fsp3) is 0.106. The molecule has 2 aromatic heterocycles. The van der Waals surface area contributed by atoms with E-state index < -0.39 is 5.41 Å². The van der Waals surface area contributed by atoms with Gasteiger partial charge in [-0.1, -0.05) is 215 Å². The van der Waals surface area contributed by atoms with E-state index in [1.807, 2.05) is 51.1 Å². The van der Waals surface area contributed by atoms with Crippen molar-refractivity contribution in [2.24, 2.45) is 0 Å². The molecule has 0 fully saturated rings. The van der Waals surface area contributed by atoms with E-state index in [4.69, 9.17) is 19.4 Å². The maximum absolute atomic E-state index is 6.24. The largest absolute Gasteiger partial charge is 0.456 e. The third-order valence-electron chi connectivity index (χ3n) is 13.9. The summed E-state index contributed by atoms with van der Waals surface area (Å²) >= 11 is 0. The lowest BCUT2D eigenvalue weighted by molar-refractivity contribution is 0.669. The minimum atomic E-state index is -0.524. The van der Waals surface area contributed by atoms with E-state index >= 15 is 0 Å². The zero-order valence-corrected chi connectivity index (χ0v) is 40.3. The Kier molecular flexibility index (Phi) is 11.5. The molecule has 4 heteroatoms. The van der Waals surface area contributed by atoms with E-state index in [9.17, 15) is 0 Å². The summed E-state index contributed by atoms with van der Waals surface area (Å²) in [7, 11) is 0. The molecule has 2 aliphatic rings. The minimum Gasteiger partial charge on any atom is -0.456 e. The van der Waals surface area contributed by atoms with Gasteiger partial charge >= 0.3 is 0 Å². The SMILES string of the molecule is C=C/C=C1\C(=C/C)C2(c3ccccc3-c3ccccc32)c2c1cccc2-c1ccc(-c2nc(C(/C=C\C)=C/CC)nc(-c3ccc(-c4cccc5oc6ccccc6c45)cc3)n2)c2ccccc12.CC. The van der Waals surface area contributed by atoms with Crippen molar-refractivity contribution in [1.29, 1.82) is 0 Å². The van der Waals surface area contributed by atoms with Gasteiger partial charge in [0.2, 0.25) is 0 Å². The van der Waals surface area contributed by atoms with E-state index in [2.05, 4.69) is 196 Å². The van der Waals surface area contributed by atoms with Gasteiger partial charge in [0.05, 0.1) is 5.41 Å². The molecule has 8 aromatic carbocycles. The van der Waals surface area contributed by atoms with Gasteiger partial charge in [0.15, 0.2) is 17.5 Å². The average Bonchev–Trinajstić information content (AvgIpc) is 4.05. The quantitative estimate of drug-likeness (QED) is 0.143. The number of furan rings is 1. The van der Waals surface area contributed by atoms with Crippen LogP contribution >= 0.6 is 0 Å². The van der Waals surface area contributed by atoms with Crippen LogP contribution in [0.1, 0.15) is 69.1 Å². The Morgan fingerprint density at radius 1 is 0.543 bits per heavy atom.